The van der Waals surface area contributed by atoms with Crippen molar-refractivity contribution in [1.82, 2.24) is 0 Å². The summed E-state index contributed by atoms with van der Waals surface area (Å²) in [5, 5.41) is 16.3. The smallest absolute Gasteiger partial charge is 0.328 e. The van der Waals surface area contributed by atoms with Gasteiger partial charge in [-0.05, 0) is 44.7 Å². The summed E-state index contributed by atoms with van der Waals surface area (Å²) in [7, 11) is 0. The van der Waals surface area contributed by atoms with Gasteiger partial charge in [0.2, 0.25) is 0 Å². The van der Waals surface area contributed by atoms with Crippen LogP contribution in [0.3, 0.4) is 0 Å². The molecule has 162 valence electrons. The van der Waals surface area contributed by atoms with Gasteiger partial charge in [0.25, 0.3) is 0 Å². The van der Waals surface area contributed by atoms with Gasteiger partial charge in [-0.3, -0.25) is 19.2 Å². The molecule has 8 nitrogen and oxygen atoms in total. The molecule has 0 saturated heterocycles. The van der Waals surface area contributed by atoms with Crippen molar-refractivity contribution in [2.24, 2.45) is 5.41 Å². The van der Waals surface area contributed by atoms with Crippen molar-refractivity contribution >= 4 is 23.9 Å². The SMILES string of the molecule is CCOC(=O)C(CC)(CC)C(=O)Oc1ccccc1.O=C(O)CCCCC(=O)O. The van der Waals surface area contributed by atoms with E-state index in [9.17, 15) is 19.2 Å². The monoisotopic (exact) mass is 410 g/mol. The molecule has 0 aliphatic rings. The number of carboxylic acid groups (broad SMARTS) is 2. The van der Waals surface area contributed by atoms with Crippen LogP contribution in [-0.4, -0.2) is 40.7 Å². The summed E-state index contributed by atoms with van der Waals surface area (Å²) in [5.41, 5.74) is -1.22. The summed E-state index contributed by atoms with van der Waals surface area (Å²) < 4.78 is 10.3. The maximum Gasteiger partial charge on any atom is 0.328 e. The van der Waals surface area contributed by atoms with Gasteiger partial charge in [-0.25, -0.2) is 0 Å². The molecule has 0 heterocycles. The summed E-state index contributed by atoms with van der Waals surface area (Å²) in [6.07, 6.45) is 1.73. The summed E-state index contributed by atoms with van der Waals surface area (Å²) >= 11 is 0. The number of rotatable bonds is 11. The van der Waals surface area contributed by atoms with Crippen molar-refractivity contribution in [2.45, 2.75) is 59.3 Å². The molecule has 0 unspecified atom stereocenters. The topological polar surface area (TPSA) is 127 Å². The molecule has 1 aromatic rings. The largest absolute Gasteiger partial charge is 0.481 e. The van der Waals surface area contributed by atoms with E-state index in [2.05, 4.69) is 0 Å². The van der Waals surface area contributed by atoms with E-state index in [0.717, 1.165) is 0 Å². The van der Waals surface area contributed by atoms with E-state index < -0.39 is 29.3 Å². The van der Waals surface area contributed by atoms with Gasteiger partial charge in [0.15, 0.2) is 5.41 Å². The number of carbonyl (C=O) groups is 4. The highest BCUT2D eigenvalue weighted by atomic mass is 16.6. The van der Waals surface area contributed by atoms with Crippen LogP contribution in [0.4, 0.5) is 0 Å². The van der Waals surface area contributed by atoms with Crippen LogP contribution in [0.15, 0.2) is 30.3 Å². The number of carboxylic acids is 2. The average molecular weight is 410 g/mol. The minimum atomic E-state index is -1.22. The van der Waals surface area contributed by atoms with Crippen molar-refractivity contribution in [1.29, 1.82) is 0 Å². The molecule has 0 aromatic heterocycles. The summed E-state index contributed by atoms with van der Waals surface area (Å²) in [6.45, 7) is 5.54. The first kappa shape index (κ1) is 26.1. The zero-order chi connectivity index (χ0) is 22.3. The van der Waals surface area contributed by atoms with Crippen LogP contribution in [-0.2, 0) is 23.9 Å². The number of benzene rings is 1. The third kappa shape index (κ3) is 9.73. The Kier molecular flexibility index (Phi) is 12.7. The van der Waals surface area contributed by atoms with Crippen LogP contribution in [0.2, 0.25) is 0 Å². The molecule has 0 aliphatic carbocycles. The highest BCUT2D eigenvalue weighted by Crippen LogP contribution is 2.30. The quantitative estimate of drug-likeness (QED) is 0.245. The van der Waals surface area contributed by atoms with Gasteiger partial charge in [0, 0.05) is 12.8 Å². The van der Waals surface area contributed by atoms with Crippen LogP contribution < -0.4 is 4.74 Å². The fraction of sp³-hybridized carbons (Fsp3) is 0.524. The first-order chi connectivity index (χ1) is 13.7. The van der Waals surface area contributed by atoms with Crippen LogP contribution in [0.25, 0.3) is 0 Å². The minimum Gasteiger partial charge on any atom is -0.481 e. The number of para-hydroxylation sites is 1. The molecule has 0 amide bonds. The number of ether oxygens (including phenoxy) is 2. The molecule has 29 heavy (non-hydrogen) atoms. The normalized spacial score (nSPS) is 10.3. The Morgan fingerprint density at radius 2 is 1.31 bits per heavy atom. The zero-order valence-electron chi connectivity index (χ0n) is 17.2. The van der Waals surface area contributed by atoms with E-state index >= 15 is 0 Å². The van der Waals surface area contributed by atoms with Gasteiger partial charge >= 0.3 is 23.9 Å². The lowest BCUT2D eigenvalue weighted by Gasteiger charge is -2.26. The third-order valence-corrected chi connectivity index (χ3v) is 4.25. The number of hydrogen-bond donors (Lipinski definition) is 2. The molecule has 1 rings (SSSR count). The summed E-state index contributed by atoms with van der Waals surface area (Å²) in [5.74, 6) is -2.37. The fourth-order valence-electron chi connectivity index (χ4n) is 2.43. The van der Waals surface area contributed by atoms with Gasteiger partial charge in [-0.15, -0.1) is 0 Å². The van der Waals surface area contributed by atoms with Crippen LogP contribution >= 0.6 is 0 Å². The molecule has 0 spiro atoms. The lowest BCUT2D eigenvalue weighted by atomic mass is 9.82. The van der Waals surface area contributed by atoms with Gasteiger partial charge in [-0.2, -0.15) is 0 Å². The molecule has 2 N–H and O–H groups in total. The predicted molar refractivity (Wildman–Crippen MR) is 105 cm³/mol. The number of esters is 2. The second kappa shape index (κ2) is 14.1. The van der Waals surface area contributed by atoms with E-state index in [4.69, 9.17) is 19.7 Å². The average Bonchev–Trinajstić information content (AvgIpc) is 2.68. The van der Waals surface area contributed by atoms with Gasteiger partial charge in [-0.1, -0.05) is 32.0 Å². The Morgan fingerprint density at radius 1 is 0.828 bits per heavy atom. The molecule has 0 fully saturated rings. The van der Waals surface area contributed by atoms with E-state index in [1.807, 2.05) is 6.07 Å². The van der Waals surface area contributed by atoms with Crippen LogP contribution in [0, 0.1) is 5.41 Å². The molecule has 1 aromatic carbocycles. The summed E-state index contributed by atoms with van der Waals surface area (Å²) in [4.78, 5) is 44.1. The van der Waals surface area contributed by atoms with E-state index in [1.54, 1.807) is 45.0 Å². The van der Waals surface area contributed by atoms with Crippen molar-refractivity contribution in [3.8, 4) is 5.75 Å². The van der Waals surface area contributed by atoms with Gasteiger partial charge < -0.3 is 19.7 Å². The lowest BCUT2D eigenvalue weighted by molar-refractivity contribution is -0.167. The fourth-order valence-corrected chi connectivity index (χ4v) is 2.43. The Bertz CT molecular complexity index is 634. The molecule has 0 atom stereocenters. The summed E-state index contributed by atoms with van der Waals surface area (Å²) in [6, 6.07) is 8.73. The van der Waals surface area contributed by atoms with Crippen LogP contribution in [0.5, 0.6) is 5.75 Å². The van der Waals surface area contributed by atoms with E-state index in [1.165, 1.54) is 0 Å². The molecule has 0 bridgehead atoms. The molecular weight excluding hydrogens is 380 g/mol. The van der Waals surface area contributed by atoms with Gasteiger partial charge in [0.1, 0.15) is 5.75 Å². The molecule has 0 saturated carbocycles. The lowest BCUT2D eigenvalue weighted by Crippen LogP contribution is -2.42. The second-order valence-electron chi connectivity index (χ2n) is 6.21. The number of hydrogen-bond acceptors (Lipinski definition) is 6. The highest BCUT2D eigenvalue weighted by molar-refractivity contribution is 6.00. The second-order valence-corrected chi connectivity index (χ2v) is 6.21. The number of aliphatic carboxylic acids is 2. The third-order valence-electron chi connectivity index (χ3n) is 4.25. The first-order valence-electron chi connectivity index (χ1n) is 9.61. The number of carbonyl (C=O) groups excluding carboxylic acids is 2. The van der Waals surface area contributed by atoms with E-state index in [-0.39, 0.29) is 19.4 Å². The van der Waals surface area contributed by atoms with Gasteiger partial charge in [0.05, 0.1) is 6.61 Å². The maximum atomic E-state index is 12.3. The maximum absolute atomic E-state index is 12.3. The Morgan fingerprint density at radius 3 is 1.69 bits per heavy atom. The van der Waals surface area contributed by atoms with Crippen molar-refractivity contribution < 1.29 is 38.9 Å². The molecular formula is C21H30O8. The molecule has 0 aliphatic heterocycles. The molecule has 8 heteroatoms. The van der Waals surface area contributed by atoms with Crippen molar-refractivity contribution in [3.63, 3.8) is 0 Å². The zero-order valence-corrected chi connectivity index (χ0v) is 17.2. The Hall–Kier alpha value is -2.90. The minimum absolute atomic E-state index is 0.0628. The van der Waals surface area contributed by atoms with Crippen molar-refractivity contribution in [2.75, 3.05) is 6.61 Å². The standard InChI is InChI=1S/C15H20O4.C6H10O4/c1-4-15(5-2,13(16)18-6-3)14(17)19-12-10-8-7-9-11-12;7-5(8)3-1-2-4-6(9)10/h7-11H,4-6H2,1-3H3;1-4H2,(H,7,8)(H,9,10). The molecule has 0 radical (unpaired) electrons. The highest BCUT2D eigenvalue weighted by Gasteiger charge is 2.46. The Labute approximate surface area is 170 Å². The predicted octanol–water partition coefficient (Wildman–Crippen LogP) is 3.68. The Balaban J connectivity index is 0.000000665. The van der Waals surface area contributed by atoms with E-state index in [0.29, 0.717) is 31.4 Å². The van der Waals surface area contributed by atoms with Crippen molar-refractivity contribution in [3.05, 3.63) is 30.3 Å². The first-order valence-corrected chi connectivity index (χ1v) is 9.61. The van der Waals surface area contributed by atoms with Crippen LogP contribution in [0.1, 0.15) is 59.3 Å². The number of unbranched alkanes of at least 4 members (excludes halogenated alkanes) is 1.